The van der Waals surface area contributed by atoms with Crippen molar-refractivity contribution in [2.75, 3.05) is 0 Å². The zero-order chi connectivity index (χ0) is 26.2. The van der Waals surface area contributed by atoms with Crippen molar-refractivity contribution in [1.29, 1.82) is 0 Å². The van der Waals surface area contributed by atoms with E-state index in [-0.39, 0.29) is 28.5 Å². The second-order valence-electron chi connectivity index (χ2n) is 9.79. The van der Waals surface area contributed by atoms with Crippen LogP contribution in [0.2, 0.25) is 0 Å². The summed E-state index contributed by atoms with van der Waals surface area (Å²) >= 11 is 0. The van der Waals surface area contributed by atoms with Gasteiger partial charge in [-0.1, -0.05) is 97.1 Å². The average molecular weight is 559 g/mol. The fourth-order valence-electron chi connectivity index (χ4n) is 5.59. The first kappa shape index (κ1) is 25.9. The Hall–Kier alpha value is -5.03. The minimum absolute atomic E-state index is 0. The Morgan fingerprint density at radius 1 is 0.333 bits per heavy atom. The smallest absolute Gasteiger partial charge is 0.316 e. The van der Waals surface area contributed by atoms with Gasteiger partial charge in [0.2, 0.25) is 0 Å². The number of nitrogens with one attached hydrogen (secondary N) is 2. The summed E-state index contributed by atoms with van der Waals surface area (Å²) in [5, 5.41) is 3.82. The second-order valence-corrected chi connectivity index (χ2v) is 9.79. The quantitative estimate of drug-likeness (QED) is 0.247. The average Bonchev–Trinajstić information content (AvgIpc) is 3.73. The first-order valence-corrected chi connectivity index (χ1v) is 13.0. The van der Waals surface area contributed by atoms with E-state index in [4.69, 9.17) is 29.9 Å². The van der Waals surface area contributed by atoms with Gasteiger partial charge in [-0.05, 0) is 0 Å². The van der Waals surface area contributed by atoms with Gasteiger partial charge >= 0.3 is 23.1 Å². The van der Waals surface area contributed by atoms with E-state index in [1.807, 2.05) is 97.1 Å². The molecule has 0 spiro atoms. The van der Waals surface area contributed by atoms with Crippen molar-refractivity contribution >= 4 is 67.2 Å². The van der Waals surface area contributed by atoms with Crippen LogP contribution in [-0.2, 0) is 0 Å². The summed E-state index contributed by atoms with van der Waals surface area (Å²) in [6.45, 7) is 0. The normalized spacial score (nSPS) is 11.4. The van der Waals surface area contributed by atoms with Crippen molar-refractivity contribution in [2.45, 2.75) is 0 Å². The summed E-state index contributed by atoms with van der Waals surface area (Å²) in [6.07, 6.45) is 0. The molecule has 0 amide bonds. The largest absolute Gasteiger partial charge is 0.412 e. The number of nitrogens with zero attached hydrogens (tertiary/aromatic N) is 6. The predicted molar refractivity (Wildman–Crippen MR) is 168 cm³/mol. The maximum absolute atomic E-state index is 5.02. The monoisotopic (exact) mass is 558 g/mol. The van der Waals surface area contributed by atoms with Crippen LogP contribution >= 0.6 is 0 Å². The van der Waals surface area contributed by atoms with Crippen molar-refractivity contribution in [1.82, 2.24) is 39.9 Å². The van der Waals surface area contributed by atoms with Gasteiger partial charge < -0.3 is 15.4 Å². The third kappa shape index (κ3) is 3.80. The van der Waals surface area contributed by atoms with Gasteiger partial charge in [-0.2, -0.15) is 0 Å². The Morgan fingerprint density at radius 2 is 0.571 bits per heavy atom. The second kappa shape index (κ2) is 9.81. The van der Waals surface area contributed by atoms with E-state index < -0.39 is 0 Å². The maximum atomic E-state index is 5.02. The molecule has 0 radical (unpaired) electrons. The molecule has 4 aromatic carbocycles. The fraction of sp³-hybridized carbons (Fsp3) is 0. The molecule has 9 rings (SSSR count). The number of aromatic nitrogens is 8. The zero-order valence-electron chi connectivity index (χ0n) is 21.4. The summed E-state index contributed by atoms with van der Waals surface area (Å²) in [7, 11) is 0. The van der Waals surface area contributed by atoms with Crippen LogP contribution < -0.4 is 0 Å². The third-order valence-electron chi connectivity index (χ3n) is 7.46. The van der Waals surface area contributed by atoms with Gasteiger partial charge in [0, 0.05) is 43.8 Å². The molecule has 0 aliphatic carbocycles. The van der Waals surface area contributed by atoms with Gasteiger partial charge in [0.1, 0.15) is 22.6 Å². The van der Waals surface area contributed by atoms with Crippen molar-refractivity contribution < 1.29 is 5.48 Å². The van der Waals surface area contributed by atoms with Crippen LogP contribution in [0.1, 0.15) is 0 Å². The van der Waals surface area contributed by atoms with Crippen molar-refractivity contribution in [2.24, 2.45) is 0 Å². The molecule has 198 valence electrons. The molecule has 42 heavy (non-hydrogen) atoms. The topological polar surface area (TPSA) is 140 Å². The molecule has 2 aliphatic rings. The van der Waals surface area contributed by atoms with E-state index in [0.717, 1.165) is 43.8 Å². The standard InChI is InChI=1S/C32H18N8.Mg.H2O.2H/c1-2-10-18-17(9-1)25-33-26(18)38-28-21-13-5-6-14-22(21)30(35-28)40-32-24-16-8-7-15-23(24)31(36-32)39-29-20-12-4-3-11-19(20)27(34-29)37-25;;;;/h1-16H,(H2,33,34,35,36,37,38,39,40);;1H2;;. The molecular weight excluding hydrogens is 537 g/mol. The molecule has 2 aliphatic heterocycles. The molecule has 5 heterocycles. The van der Waals surface area contributed by atoms with Crippen LogP contribution in [-0.4, -0.2) is 68.4 Å². The molecule has 0 unspecified atom stereocenters. The SMILES string of the molecule is O.[MgH2].c1ccc2c(c1)-c1nc-2nc2[nH]c(nc3nc(nc4[nH]c(n1)c1ccccc41)-c1ccccc1-3)c1ccccc21. The van der Waals surface area contributed by atoms with Crippen LogP contribution in [0, 0.1) is 0 Å². The molecule has 0 fully saturated rings. The third-order valence-corrected chi connectivity index (χ3v) is 7.46. The number of rotatable bonds is 0. The number of hydrogen-bond donors (Lipinski definition) is 2. The van der Waals surface area contributed by atoms with Gasteiger partial charge in [-0.15, -0.1) is 0 Å². The molecule has 0 atom stereocenters. The lowest BCUT2D eigenvalue weighted by Gasteiger charge is -1.96. The molecule has 7 aromatic rings. The molecule has 8 bridgehead atoms. The Bertz CT molecular complexity index is 2040. The number of fused-ring (bicyclic) bond motifs is 20. The van der Waals surface area contributed by atoms with E-state index in [0.29, 0.717) is 45.9 Å². The van der Waals surface area contributed by atoms with Gasteiger partial charge in [0.15, 0.2) is 23.3 Å². The van der Waals surface area contributed by atoms with E-state index in [1.165, 1.54) is 0 Å². The number of hydrogen-bond acceptors (Lipinski definition) is 6. The molecular formula is C32H22MgN8O. The highest BCUT2D eigenvalue weighted by atomic mass is 24.3. The molecule has 0 saturated heterocycles. The Morgan fingerprint density at radius 3 is 0.833 bits per heavy atom. The summed E-state index contributed by atoms with van der Waals surface area (Å²) < 4.78 is 0. The summed E-state index contributed by atoms with van der Waals surface area (Å²) in [5.41, 5.74) is 6.45. The van der Waals surface area contributed by atoms with E-state index >= 15 is 0 Å². The summed E-state index contributed by atoms with van der Waals surface area (Å²) in [6, 6.07) is 32.2. The van der Waals surface area contributed by atoms with Crippen LogP contribution in [0.3, 0.4) is 0 Å². The highest BCUT2D eigenvalue weighted by Gasteiger charge is 2.21. The molecule has 10 heteroatoms. The van der Waals surface area contributed by atoms with Crippen LogP contribution in [0.4, 0.5) is 0 Å². The lowest BCUT2D eigenvalue weighted by Crippen LogP contribution is -1.82. The lowest BCUT2D eigenvalue weighted by atomic mass is 10.1. The predicted octanol–water partition coefficient (Wildman–Crippen LogP) is 5.13. The van der Waals surface area contributed by atoms with Crippen LogP contribution in [0.15, 0.2) is 97.1 Å². The van der Waals surface area contributed by atoms with Crippen molar-refractivity contribution in [3.63, 3.8) is 0 Å². The van der Waals surface area contributed by atoms with Gasteiger partial charge in [0.25, 0.3) is 0 Å². The molecule has 9 nitrogen and oxygen atoms in total. The van der Waals surface area contributed by atoms with E-state index in [9.17, 15) is 0 Å². The molecule has 4 N–H and O–H groups in total. The highest BCUT2D eigenvalue weighted by Crippen LogP contribution is 2.36. The van der Waals surface area contributed by atoms with Crippen molar-refractivity contribution in [3.05, 3.63) is 97.1 Å². The van der Waals surface area contributed by atoms with Crippen molar-refractivity contribution in [3.8, 4) is 45.6 Å². The minimum Gasteiger partial charge on any atom is -0.412 e. The number of H-pyrrole nitrogens is 2. The first-order chi connectivity index (χ1) is 19.8. The van der Waals surface area contributed by atoms with E-state index in [2.05, 4.69) is 9.97 Å². The highest BCUT2D eigenvalue weighted by molar-refractivity contribution is 6.06. The molecule has 3 aromatic heterocycles. The Kier molecular flexibility index (Phi) is 6.05. The Balaban J connectivity index is 0.00000144. The number of benzene rings is 4. The van der Waals surface area contributed by atoms with Crippen LogP contribution in [0.5, 0.6) is 0 Å². The van der Waals surface area contributed by atoms with Crippen LogP contribution in [0.25, 0.3) is 89.7 Å². The van der Waals surface area contributed by atoms with Gasteiger partial charge in [-0.3, -0.25) is 0 Å². The Labute approximate surface area is 254 Å². The maximum Gasteiger partial charge on any atom is 0.316 e. The first-order valence-electron chi connectivity index (χ1n) is 13.0. The zero-order valence-corrected chi connectivity index (χ0v) is 21.4. The number of aromatic amines is 2. The summed E-state index contributed by atoms with van der Waals surface area (Å²) in [4.78, 5) is 36.8. The minimum atomic E-state index is 0. The summed E-state index contributed by atoms with van der Waals surface area (Å²) in [5.74, 6) is 2.39. The molecule has 0 saturated carbocycles. The fourth-order valence-corrected chi connectivity index (χ4v) is 5.59. The van der Waals surface area contributed by atoms with Gasteiger partial charge in [-0.25, -0.2) is 29.9 Å². The lowest BCUT2D eigenvalue weighted by molar-refractivity contribution is 0.824. The van der Waals surface area contributed by atoms with E-state index in [1.54, 1.807) is 0 Å². The van der Waals surface area contributed by atoms with Gasteiger partial charge in [0.05, 0.1) is 0 Å².